The summed E-state index contributed by atoms with van der Waals surface area (Å²) < 4.78 is 26.2. The number of nitrogens with zero attached hydrogens (tertiary/aromatic N) is 5. The molecule has 0 saturated heterocycles. The quantitative estimate of drug-likeness (QED) is 0.122. The maximum Gasteiger partial charge on any atom is 0.160 e. The van der Waals surface area contributed by atoms with E-state index in [-0.39, 0.29) is 0 Å². The summed E-state index contributed by atoms with van der Waals surface area (Å²) in [5.74, 6) is 0.656. The van der Waals surface area contributed by atoms with Crippen molar-refractivity contribution < 1.29 is 13.3 Å². The lowest BCUT2D eigenvalue weighted by molar-refractivity contribution is 0.668. The molecule has 8 heteroatoms. The molecule has 0 saturated carbocycles. The third kappa shape index (κ3) is 11.2. The summed E-state index contributed by atoms with van der Waals surface area (Å²) in [7, 11) is 0. The predicted molar refractivity (Wildman–Crippen MR) is 513 cm³/mol. The van der Waals surface area contributed by atoms with Crippen LogP contribution in [0, 0.1) is 0 Å². The number of para-hydroxylation sites is 6. The summed E-state index contributed by atoms with van der Waals surface area (Å²) >= 11 is 0. The van der Waals surface area contributed by atoms with E-state index < -0.39 is 0 Å². The summed E-state index contributed by atoms with van der Waals surface area (Å²) in [6, 6.07) is 151. The van der Waals surface area contributed by atoms with Crippen molar-refractivity contribution in [2.24, 2.45) is 0 Å². The van der Waals surface area contributed by atoms with Crippen LogP contribution in [0.4, 0.5) is 0 Å². The SMILES string of the molecule is c1ccc2c(c1)oc1cc(-c3ccc4c(c3)c3ccccc3n4-c3ccc(-c4ccc(-c5ccc6nc(-c7ccc(-c8ccc(-n9c%10ccccc%10c%10cc(-c%11ccc%12c(c%11)oc%11ccccc%11%12)ccc%109)cc8)cc7)nc(-c7ccc(-c8ccc(-n9c%10ccccc%10c%10cc(-c%11ccc%12c(c%11)oc%11ccccc%11%12)ccc%109)cc8)cc7)c6c5)cc4)cc3)ccc12. The lowest BCUT2D eigenvalue weighted by atomic mass is 9.97. The van der Waals surface area contributed by atoms with E-state index in [9.17, 15) is 0 Å². The number of aromatic nitrogens is 5. The van der Waals surface area contributed by atoms with Gasteiger partial charge >= 0.3 is 0 Å². The Bertz CT molecular complexity index is 8880. The summed E-state index contributed by atoms with van der Waals surface area (Å²) in [6.07, 6.45) is 0. The van der Waals surface area contributed by atoms with Crippen molar-refractivity contribution in [3.8, 4) is 118 Å². The van der Waals surface area contributed by atoms with E-state index in [4.69, 9.17) is 23.2 Å². The Hall–Kier alpha value is -16.7. The molecule has 19 aromatic carbocycles. The fourth-order valence-corrected chi connectivity index (χ4v) is 19.6. The molecule has 124 heavy (non-hydrogen) atoms. The summed E-state index contributed by atoms with van der Waals surface area (Å²) in [5.41, 5.74) is 34.9. The molecule has 0 bridgehead atoms. The van der Waals surface area contributed by atoms with Crippen molar-refractivity contribution in [1.29, 1.82) is 0 Å². The highest BCUT2D eigenvalue weighted by Crippen LogP contribution is 2.45. The Morgan fingerprint density at radius 2 is 0.395 bits per heavy atom. The number of hydrogen-bond donors (Lipinski definition) is 0. The van der Waals surface area contributed by atoms with Gasteiger partial charge in [0.15, 0.2) is 5.82 Å². The van der Waals surface area contributed by atoms with Crippen molar-refractivity contribution in [3.63, 3.8) is 0 Å². The fraction of sp³-hybridized carbons (Fsp3) is 0. The van der Waals surface area contributed by atoms with Crippen LogP contribution in [0.2, 0.25) is 0 Å². The minimum atomic E-state index is 0.656. The summed E-state index contributed by atoms with van der Waals surface area (Å²) in [4.78, 5) is 10.9. The first-order valence-corrected chi connectivity index (χ1v) is 42.2. The molecule has 0 amide bonds. The zero-order valence-electron chi connectivity index (χ0n) is 66.8. The first-order chi connectivity index (χ1) is 61.4. The van der Waals surface area contributed by atoms with Gasteiger partial charge in [-0.05, 0) is 236 Å². The normalized spacial score (nSPS) is 12.0. The molecule has 7 aromatic heterocycles. The second-order valence-electron chi connectivity index (χ2n) is 32.7. The molecule has 0 atom stereocenters. The minimum Gasteiger partial charge on any atom is -0.456 e. The first-order valence-electron chi connectivity index (χ1n) is 42.2. The lowest BCUT2D eigenvalue weighted by Crippen LogP contribution is -1.96. The van der Waals surface area contributed by atoms with Gasteiger partial charge in [0, 0.05) is 98.2 Å². The third-order valence-corrected chi connectivity index (χ3v) is 25.7. The Kier molecular flexibility index (Phi) is 15.3. The molecule has 0 N–H and O–H groups in total. The van der Waals surface area contributed by atoms with Gasteiger partial charge in [-0.25, -0.2) is 9.97 Å². The van der Waals surface area contributed by atoms with Crippen molar-refractivity contribution in [2.75, 3.05) is 0 Å². The van der Waals surface area contributed by atoms with Crippen LogP contribution in [0.5, 0.6) is 0 Å². The van der Waals surface area contributed by atoms with Gasteiger partial charge in [-0.2, -0.15) is 0 Å². The molecule has 0 aliphatic heterocycles. The van der Waals surface area contributed by atoms with Crippen LogP contribution in [0.25, 0.3) is 260 Å². The van der Waals surface area contributed by atoms with Gasteiger partial charge < -0.3 is 27.0 Å². The topological polar surface area (TPSA) is 80.0 Å². The van der Waals surface area contributed by atoms with Crippen LogP contribution in [0.1, 0.15) is 0 Å². The van der Waals surface area contributed by atoms with Crippen LogP contribution < -0.4 is 0 Å². The molecule has 8 nitrogen and oxygen atoms in total. The van der Waals surface area contributed by atoms with Gasteiger partial charge in [0.25, 0.3) is 0 Å². The summed E-state index contributed by atoms with van der Waals surface area (Å²) in [5, 5.41) is 15.0. The molecule has 7 heterocycles. The van der Waals surface area contributed by atoms with Crippen LogP contribution in [-0.4, -0.2) is 23.7 Å². The van der Waals surface area contributed by atoms with Crippen LogP contribution in [0.3, 0.4) is 0 Å². The van der Waals surface area contributed by atoms with E-state index >= 15 is 0 Å². The van der Waals surface area contributed by atoms with E-state index in [2.05, 4.69) is 396 Å². The van der Waals surface area contributed by atoms with Gasteiger partial charge in [-0.15, -0.1) is 0 Å². The molecular weight excluding hydrogens is 1510 g/mol. The van der Waals surface area contributed by atoms with Gasteiger partial charge in [-0.1, -0.05) is 261 Å². The monoisotopic (exact) mass is 1580 g/mol. The molecule has 26 rings (SSSR count). The average Bonchev–Trinajstić information content (AvgIpc) is 1.66. The Morgan fingerprint density at radius 1 is 0.153 bits per heavy atom. The van der Waals surface area contributed by atoms with Crippen molar-refractivity contribution in [1.82, 2.24) is 23.7 Å². The van der Waals surface area contributed by atoms with Gasteiger partial charge in [0.05, 0.1) is 44.3 Å². The molecule has 0 aliphatic rings. The summed E-state index contributed by atoms with van der Waals surface area (Å²) in [6.45, 7) is 0. The Balaban J connectivity index is 0.512. The van der Waals surface area contributed by atoms with E-state index in [1.54, 1.807) is 0 Å². The lowest BCUT2D eigenvalue weighted by Gasteiger charge is -2.13. The molecule has 26 aromatic rings. The molecule has 0 spiro atoms. The number of fused-ring (bicyclic) bond motifs is 19. The van der Waals surface area contributed by atoms with E-state index in [0.717, 1.165) is 222 Å². The molecule has 0 aliphatic carbocycles. The number of hydrogen-bond acceptors (Lipinski definition) is 5. The molecule has 576 valence electrons. The maximum atomic E-state index is 6.34. The highest BCUT2D eigenvalue weighted by molar-refractivity contribution is 6.15. The van der Waals surface area contributed by atoms with E-state index in [0.29, 0.717) is 5.82 Å². The number of rotatable bonds is 12. The van der Waals surface area contributed by atoms with Gasteiger partial charge in [-0.3, -0.25) is 0 Å². The highest BCUT2D eigenvalue weighted by atomic mass is 16.3. The van der Waals surface area contributed by atoms with Gasteiger partial charge in [0.1, 0.15) is 33.5 Å². The first kappa shape index (κ1) is 69.3. The zero-order chi connectivity index (χ0) is 81.2. The molecular formula is C116H69N5O3. The van der Waals surface area contributed by atoms with E-state index in [1.165, 1.54) is 32.3 Å². The maximum absolute atomic E-state index is 6.34. The second-order valence-corrected chi connectivity index (χ2v) is 32.7. The minimum absolute atomic E-state index is 0.656. The Labute approximate surface area is 710 Å². The molecule has 0 radical (unpaired) electrons. The smallest absolute Gasteiger partial charge is 0.160 e. The van der Waals surface area contributed by atoms with Crippen LogP contribution in [0.15, 0.2) is 432 Å². The number of benzene rings is 19. The third-order valence-electron chi connectivity index (χ3n) is 25.7. The van der Waals surface area contributed by atoms with Gasteiger partial charge in [0.2, 0.25) is 0 Å². The van der Waals surface area contributed by atoms with Crippen molar-refractivity contribution in [3.05, 3.63) is 419 Å². The number of furan rings is 3. The Morgan fingerprint density at radius 3 is 0.758 bits per heavy atom. The van der Waals surface area contributed by atoms with Crippen LogP contribution in [-0.2, 0) is 0 Å². The average molecular weight is 1580 g/mol. The molecule has 0 unspecified atom stereocenters. The highest BCUT2D eigenvalue weighted by Gasteiger charge is 2.22. The van der Waals surface area contributed by atoms with Crippen molar-refractivity contribution >= 4 is 142 Å². The zero-order valence-corrected chi connectivity index (χ0v) is 66.8. The standard InChI is InChI=1S/C116H69N5O3/c1-7-19-103-89(13-1)98-63-80(83-43-56-95-92-16-4-10-22-109(92)122-112(95)67-83)47-60-106(98)119(103)86-50-37-73(38-51-86)70-25-27-76(28-26-70)79-46-59-102-101(66-79)115(77-33-29-71(30-34-77)74-39-52-87(53-40-74)120-104-20-8-2-14-90(104)99-64-81(48-61-107(99)120)84-44-57-96-93-17-5-11-23-110(93)123-113(96)68-84)118-116(117-102)78-35-31-72(32-36-78)75-41-54-88(55-42-75)121-105-21-9-3-15-91(105)100-65-82(49-62-108(100)121)85-45-58-97-94-18-6-12-24-111(94)124-114(97)69-85/h1-69H. The largest absolute Gasteiger partial charge is 0.456 e. The van der Waals surface area contributed by atoms with Crippen molar-refractivity contribution in [2.45, 2.75) is 0 Å². The predicted octanol–water partition coefficient (Wildman–Crippen LogP) is 31.6. The van der Waals surface area contributed by atoms with E-state index in [1.807, 2.05) is 36.4 Å². The molecule has 0 fully saturated rings. The van der Waals surface area contributed by atoms with Crippen LogP contribution >= 0.6 is 0 Å². The second kappa shape index (κ2) is 27.4. The fourth-order valence-electron chi connectivity index (χ4n) is 19.6.